The van der Waals surface area contributed by atoms with E-state index >= 15 is 0 Å². The largest absolute Gasteiger partial charge is 0.342 e. The van der Waals surface area contributed by atoms with Gasteiger partial charge in [0.25, 0.3) is 0 Å². The van der Waals surface area contributed by atoms with Crippen molar-refractivity contribution in [2.75, 3.05) is 26.7 Å². The maximum atomic E-state index is 12.3. The van der Waals surface area contributed by atoms with E-state index in [4.69, 9.17) is 4.52 Å². The lowest BCUT2D eigenvalue weighted by Crippen LogP contribution is -2.42. The molecule has 0 saturated carbocycles. The van der Waals surface area contributed by atoms with Crippen LogP contribution in [-0.2, 0) is 16.6 Å². The third kappa shape index (κ3) is 5.30. The summed E-state index contributed by atoms with van der Waals surface area (Å²) >= 11 is 0. The van der Waals surface area contributed by atoms with Crippen molar-refractivity contribution in [3.8, 4) is 0 Å². The molecule has 130 valence electrons. The van der Waals surface area contributed by atoms with Crippen LogP contribution in [0.4, 0.5) is 0 Å². The maximum absolute atomic E-state index is 12.3. The zero-order valence-corrected chi connectivity index (χ0v) is 14.9. The fourth-order valence-electron chi connectivity index (χ4n) is 2.96. The molecule has 6 heteroatoms. The highest BCUT2D eigenvalue weighted by Crippen LogP contribution is 2.20. The van der Waals surface area contributed by atoms with Crippen LogP contribution in [0.2, 0.25) is 0 Å². The van der Waals surface area contributed by atoms with Crippen molar-refractivity contribution in [1.82, 2.24) is 20.4 Å². The van der Waals surface area contributed by atoms with Crippen LogP contribution >= 0.6 is 0 Å². The first-order valence-electron chi connectivity index (χ1n) is 8.65. The van der Waals surface area contributed by atoms with Gasteiger partial charge in [-0.25, -0.2) is 0 Å². The molecule has 1 saturated heterocycles. The van der Waals surface area contributed by atoms with Gasteiger partial charge in [0.1, 0.15) is 0 Å². The summed E-state index contributed by atoms with van der Waals surface area (Å²) < 4.78 is 5.27. The van der Waals surface area contributed by atoms with Crippen molar-refractivity contribution in [2.45, 2.75) is 58.3 Å². The average Bonchev–Trinajstić information content (AvgIpc) is 2.97. The number of hydrogen-bond donors (Lipinski definition) is 1. The van der Waals surface area contributed by atoms with Crippen molar-refractivity contribution in [3.05, 3.63) is 11.7 Å². The first-order chi connectivity index (χ1) is 10.9. The van der Waals surface area contributed by atoms with Crippen molar-refractivity contribution < 1.29 is 9.32 Å². The number of aromatic nitrogens is 2. The Morgan fingerprint density at radius 3 is 2.87 bits per heavy atom. The maximum Gasteiger partial charge on any atom is 0.226 e. The Morgan fingerprint density at radius 2 is 2.22 bits per heavy atom. The summed E-state index contributed by atoms with van der Waals surface area (Å²) in [6.45, 7) is 8.94. The van der Waals surface area contributed by atoms with Crippen LogP contribution in [0.25, 0.3) is 0 Å². The highest BCUT2D eigenvalue weighted by molar-refractivity contribution is 5.76. The predicted molar refractivity (Wildman–Crippen MR) is 89.2 cm³/mol. The second-order valence-electron chi connectivity index (χ2n) is 7.52. The molecule has 1 fully saturated rings. The van der Waals surface area contributed by atoms with Gasteiger partial charge in [0.2, 0.25) is 11.8 Å². The van der Waals surface area contributed by atoms with Crippen LogP contribution in [0.5, 0.6) is 0 Å². The quantitative estimate of drug-likeness (QED) is 0.869. The number of likely N-dealkylation sites (tertiary alicyclic amines) is 1. The Labute approximate surface area is 139 Å². The molecule has 2 rings (SSSR count). The lowest BCUT2D eigenvalue weighted by Gasteiger charge is -2.32. The standard InChI is InChI=1S/C17H30N4O2/c1-17(2,3)16-19-14(23-20-16)8-5-9-15(22)21-10-6-7-13(12-21)11-18-4/h13,18H,5-12H2,1-4H3. The number of nitrogens with zero attached hydrogens (tertiary/aromatic N) is 3. The third-order valence-electron chi connectivity index (χ3n) is 4.28. The van der Waals surface area contributed by atoms with Gasteiger partial charge in [0.05, 0.1) is 0 Å². The van der Waals surface area contributed by atoms with Gasteiger partial charge in [-0.1, -0.05) is 25.9 Å². The SMILES string of the molecule is CNCC1CCCN(C(=O)CCCc2nc(C(C)(C)C)no2)C1. The molecule has 1 atom stereocenters. The zero-order valence-electron chi connectivity index (χ0n) is 14.9. The molecule has 1 aromatic rings. The summed E-state index contributed by atoms with van der Waals surface area (Å²) in [7, 11) is 1.97. The highest BCUT2D eigenvalue weighted by Gasteiger charge is 2.23. The monoisotopic (exact) mass is 322 g/mol. The van der Waals surface area contributed by atoms with Crippen LogP contribution in [0.1, 0.15) is 58.2 Å². The molecule has 1 unspecified atom stereocenters. The first-order valence-corrected chi connectivity index (χ1v) is 8.65. The van der Waals surface area contributed by atoms with Gasteiger partial charge < -0.3 is 14.7 Å². The van der Waals surface area contributed by atoms with Gasteiger partial charge in [-0.05, 0) is 38.8 Å². The van der Waals surface area contributed by atoms with Gasteiger partial charge >= 0.3 is 0 Å². The van der Waals surface area contributed by atoms with Gasteiger partial charge in [-0.3, -0.25) is 4.79 Å². The minimum Gasteiger partial charge on any atom is -0.342 e. The third-order valence-corrected chi connectivity index (χ3v) is 4.28. The van der Waals surface area contributed by atoms with E-state index in [1.54, 1.807) is 0 Å². The number of carbonyl (C=O) groups is 1. The van der Waals surface area contributed by atoms with Crippen molar-refractivity contribution >= 4 is 5.91 Å². The number of nitrogens with one attached hydrogen (secondary N) is 1. The Morgan fingerprint density at radius 1 is 1.43 bits per heavy atom. The fourth-order valence-corrected chi connectivity index (χ4v) is 2.96. The smallest absolute Gasteiger partial charge is 0.226 e. The molecule has 0 radical (unpaired) electrons. The molecule has 1 aliphatic rings. The van der Waals surface area contributed by atoms with Crippen molar-refractivity contribution in [2.24, 2.45) is 5.92 Å². The average molecular weight is 322 g/mol. The van der Waals surface area contributed by atoms with E-state index in [1.807, 2.05) is 11.9 Å². The van der Waals surface area contributed by atoms with Crippen molar-refractivity contribution in [3.63, 3.8) is 0 Å². The van der Waals surface area contributed by atoms with Gasteiger partial charge in [-0.15, -0.1) is 0 Å². The van der Waals surface area contributed by atoms with Crippen LogP contribution in [0, 0.1) is 5.92 Å². The second-order valence-corrected chi connectivity index (χ2v) is 7.52. The minimum atomic E-state index is -0.103. The highest BCUT2D eigenvalue weighted by atomic mass is 16.5. The van der Waals surface area contributed by atoms with Crippen molar-refractivity contribution in [1.29, 1.82) is 0 Å². The van der Waals surface area contributed by atoms with Crippen LogP contribution in [0.15, 0.2) is 4.52 Å². The lowest BCUT2D eigenvalue weighted by atomic mass is 9.96. The number of rotatable bonds is 6. The summed E-state index contributed by atoms with van der Waals surface area (Å²) in [5.74, 6) is 2.20. The second kappa shape index (κ2) is 7.90. The van der Waals surface area contributed by atoms with Crippen LogP contribution < -0.4 is 5.32 Å². The van der Waals surface area contributed by atoms with Gasteiger partial charge in [0, 0.05) is 31.3 Å². The van der Waals surface area contributed by atoms with E-state index in [9.17, 15) is 4.79 Å². The number of hydrogen-bond acceptors (Lipinski definition) is 5. The molecule has 0 aromatic carbocycles. The van der Waals surface area contributed by atoms with E-state index in [0.717, 1.165) is 38.3 Å². The van der Waals surface area contributed by atoms with Gasteiger partial charge in [0.15, 0.2) is 5.82 Å². The molecule has 0 bridgehead atoms. The summed E-state index contributed by atoms with van der Waals surface area (Å²) in [5.41, 5.74) is -0.103. The molecule has 6 nitrogen and oxygen atoms in total. The van der Waals surface area contributed by atoms with E-state index in [0.29, 0.717) is 24.7 Å². The Kier molecular flexibility index (Phi) is 6.16. The summed E-state index contributed by atoms with van der Waals surface area (Å²) in [4.78, 5) is 18.8. The molecule has 23 heavy (non-hydrogen) atoms. The molecular weight excluding hydrogens is 292 g/mol. The molecule has 0 aliphatic carbocycles. The first kappa shape index (κ1) is 17.9. The summed E-state index contributed by atoms with van der Waals surface area (Å²) in [5, 5.41) is 7.23. The number of piperidine rings is 1. The predicted octanol–water partition coefficient (Wildman–Crippen LogP) is 2.15. The van der Waals surface area contributed by atoms with Crippen LogP contribution in [-0.4, -0.2) is 47.6 Å². The normalized spacial score (nSPS) is 19.1. The van der Waals surface area contributed by atoms with Crippen LogP contribution in [0.3, 0.4) is 0 Å². The fraction of sp³-hybridized carbons (Fsp3) is 0.824. The topological polar surface area (TPSA) is 71.3 Å². The molecular formula is C17H30N4O2. The van der Waals surface area contributed by atoms with E-state index in [1.165, 1.54) is 6.42 Å². The molecule has 1 N–H and O–H groups in total. The number of carbonyl (C=O) groups excluding carboxylic acids is 1. The molecule has 2 heterocycles. The number of aryl methyl sites for hydroxylation is 1. The minimum absolute atomic E-state index is 0.103. The zero-order chi connectivity index (χ0) is 16.9. The Balaban J connectivity index is 1.75. The molecule has 0 spiro atoms. The summed E-state index contributed by atoms with van der Waals surface area (Å²) in [6.07, 6.45) is 4.30. The number of amides is 1. The van der Waals surface area contributed by atoms with E-state index in [-0.39, 0.29) is 11.3 Å². The Bertz CT molecular complexity index is 505. The summed E-state index contributed by atoms with van der Waals surface area (Å²) in [6, 6.07) is 0. The van der Waals surface area contributed by atoms with E-state index < -0.39 is 0 Å². The molecule has 1 aliphatic heterocycles. The lowest BCUT2D eigenvalue weighted by molar-refractivity contribution is -0.133. The molecule has 1 aromatic heterocycles. The van der Waals surface area contributed by atoms with Gasteiger partial charge in [-0.2, -0.15) is 4.98 Å². The van der Waals surface area contributed by atoms with E-state index in [2.05, 4.69) is 36.2 Å². The molecule has 1 amide bonds. The Hall–Kier alpha value is -1.43.